The van der Waals surface area contributed by atoms with Crippen molar-refractivity contribution in [3.8, 4) is 11.8 Å². The Labute approximate surface area is 162 Å². The topological polar surface area (TPSA) is 71.1 Å². The van der Waals surface area contributed by atoms with Crippen LogP contribution in [-0.2, 0) is 6.54 Å². The number of oxazole rings is 1. The van der Waals surface area contributed by atoms with Gasteiger partial charge in [0.2, 0.25) is 17.5 Å². The van der Waals surface area contributed by atoms with Crippen molar-refractivity contribution in [2.45, 2.75) is 13.5 Å². The van der Waals surface area contributed by atoms with Gasteiger partial charge in [0.05, 0.1) is 6.61 Å². The van der Waals surface area contributed by atoms with E-state index in [-0.39, 0.29) is 5.69 Å². The normalized spacial score (nSPS) is 10.7. The molecule has 1 heterocycles. The molecular formula is C21H18ClN3O2. The molecule has 27 heavy (non-hydrogen) atoms. The van der Waals surface area contributed by atoms with Crippen molar-refractivity contribution in [1.82, 2.24) is 4.98 Å². The summed E-state index contributed by atoms with van der Waals surface area (Å²) in [5, 5.41) is 13.0. The van der Waals surface area contributed by atoms with Crippen LogP contribution >= 0.6 is 11.6 Å². The minimum atomic E-state index is 0.202. The molecule has 0 saturated heterocycles. The maximum absolute atomic E-state index is 9.27. The third-order valence-electron chi connectivity index (χ3n) is 3.76. The van der Waals surface area contributed by atoms with E-state index < -0.39 is 0 Å². The summed E-state index contributed by atoms with van der Waals surface area (Å²) in [7, 11) is 0. The van der Waals surface area contributed by atoms with Crippen molar-refractivity contribution in [1.29, 1.82) is 5.26 Å². The van der Waals surface area contributed by atoms with Gasteiger partial charge in [0, 0.05) is 17.6 Å². The lowest BCUT2D eigenvalue weighted by Crippen LogP contribution is -2.00. The van der Waals surface area contributed by atoms with E-state index in [1.807, 2.05) is 67.6 Å². The van der Waals surface area contributed by atoms with Crippen LogP contribution in [0.5, 0.6) is 5.75 Å². The number of hydrogen-bond acceptors (Lipinski definition) is 5. The third-order valence-corrected chi connectivity index (χ3v) is 4.13. The smallest absolute Gasteiger partial charge is 0.232 e. The highest BCUT2D eigenvalue weighted by molar-refractivity contribution is 6.31. The standard InChI is InChI=1S/C21H18ClN3O2/c1-2-26-17-10-7-15(8-11-17)9-12-20-25-19(13-23)21(27-20)24-14-16-5-3-4-6-18(16)22/h3-12,24H,2,14H2,1H3. The van der Waals surface area contributed by atoms with E-state index in [9.17, 15) is 5.26 Å². The molecule has 0 aliphatic rings. The largest absolute Gasteiger partial charge is 0.494 e. The van der Waals surface area contributed by atoms with Gasteiger partial charge in [-0.3, -0.25) is 0 Å². The van der Waals surface area contributed by atoms with Crippen molar-refractivity contribution >= 4 is 29.6 Å². The summed E-state index contributed by atoms with van der Waals surface area (Å²) in [5.74, 6) is 1.49. The number of nitrogens with one attached hydrogen (secondary N) is 1. The van der Waals surface area contributed by atoms with Crippen LogP contribution in [0.4, 0.5) is 5.88 Å². The van der Waals surface area contributed by atoms with Crippen molar-refractivity contribution in [2.24, 2.45) is 0 Å². The van der Waals surface area contributed by atoms with Crippen LogP contribution in [0, 0.1) is 11.3 Å². The average Bonchev–Trinajstić information content (AvgIpc) is 3.09. The predicted octanol–water partition coefficient (Wildman–Crippen LogP) is 5.38. The van der Waals surface area contributed by atoms with Crippen LogP contribution in [0.3, 0.4) is 0 Å². The number of ether oxygens (including phenoxy) is 1. The number of rotatable bonds is 7. The van der Waals surface area contributed by atoms with Crippen molar-refractivity contribution in [2.75, 3.05) is 11.9 Å². The highest BCUT2D eigenvalue weighted by atomic mass is 35.5. The van der Waals surface area contributed by atoms with E-state index in [2.05, 4.69) is 10.3 Å². The van der Waals surface area contributed by atoms with Crippen LogP contribution in [-0.4, -0.2) is 11.6 Å². The lowest BCUT2D eigenvalue weighted by molar-refractivity contribution is 0.340. The summed E-state index contributed by atoms with van der Waals surface area (Å²) < 4.78 is 11.1. The fraction of sp³-hybridized carbons (Fsp3) is 0.143. The zero-order valence-corrected chi connectivity index (χ0v) is 15.5. The summed E-state index contributed by atoms with van der Waals surface area (Å²) in [5.41, 5.74) is 2.08. The van der Waals surface area contributed by atoms with E-state index in [1.165, 1.54) is 0 Å². The van der Waals surface area contributed by atoms with Crippen molar-refractivity contribution < 1.29 is 9.15 Å². The van der Waals surface area contributed by atoms with Crippen molar-refractivity contribution in [3.63, 3.8) is 0 Å². The molecule has 0 amide bonds. The van der Waals surface area contributed by atoms with Gasteiger partial charge in [-0.15, -0.1) is 0 Å². The second-order valence-electron chi connectivity index (χ2n) is 5.62. The Kier molecular flexibility index (Phi) is 6.14. The van der Waals surface area contributed by atoms with Gasteiger partial charge < -0.3 is 14.5 Å². The molecule has 5 nitrogen and oxygen atoms in total. The molecule has 136 valence electrons. The molecule has 6 heteroatoms. The Morgan fingerprint density at radius 3 is 2.67 bits per heavy atom. The Bertz CT molecular complexity index is 972. The molecule has 3 rings (SSSR count). The molecule has 0 aliphatic carbocycles. The molecule has 0 saturated carbocycles. The third kappa shape index (κ3) is 4.90. The van der Waals surface area contributed by atoms with Gasteiger partial charge >= 0.3 is 0 Å². The number of nitriles is 1. The predicted molar refractivity (Wildman–Crippen MR) is 107 cm³/mol. The van der Waals surface area contributed by atoms with Gasteiger partial charge in [-0.05, 0) is 42.3 Å². The van der Waals surface area contributed by atoms with Gasteiger partial charge in [-0.2, -0.15) is 10.2 Å². The van der Waals surface area contributed by atoms with Crippen LogP contribution < -0.4 is 10.1 Å². The summed E-state index contributed by atoms with van der Waals surface area (Å²) >= 11 is 6.15. The fourth-order valence-electron chi connectivity index (χ4n) is 2.43. The first kappa shape index (κ1) is 18.6. The SMILES string of the molecule is CCOc1ccc(C=Cc2nc(C#N)c(NCc3ccccc3Cl)o2)cc1. The Morgan fingerprint density at radius 2 is 1.96 bits per heavy atom. The van der Waals surface area contributed by atoms with Gasteiger partial charge in [0.1, 0.15) is 11.8 Å². The molecule has 2 aromatic carbocycles. The van der Waals surface area contributed by atoms with Gasteiger partial charge in [-0.1, -0.05) is 41.9 Å². The van der Waals surface area contributed by atoms with Crippen LogP contribution in [0.2, 0.25) is 5.02 Å². The van der Waals surface area contributed by atoms with E-state index >= 15 is 0 Å². The zero-order valence-electron chi connectivity index (χ0n) is 14.8. The molecule has 0 bridgehead atoms. The summed E-state index contributed by atoms with van der Waals surface area (Å²) in [6, 6.07) is 17.2. The first-order valence-electron chi connectivity index (χ1n) is 8.48. The Balaban J connectivity index is 1.70. The number of halogens is 1. The molecule has 0 atom stereocenters. The first-order chi connectivity index (χ1) is 13.2. The maximum atomic E-state index is 9.27. The Morgan fingerprint density at radius 1 is 1.19 bits per heavy atom. The highest BCUT2D eigenvalue weighted by Crippen LogP contribution is 2.22. The summed E-state index contributed by atoms with van der Waals surface area (Å²) in [6.07, 6.45) is 3.58. The summed E-state index contributed by atoms with van der Waals surface area (Å²) in [4.78, 5) is 4.19. The zero-order chi connectivity index (χ0) is 19.1. The second-order valence-corrected chi connectivity index (χ2v) is 6.03. The average molecular weight is 380 g/mol. The number of nitrogens with zero attached hydrogens (tertiary/aromatic N) is 2. The number of anilines is 1. The monoisotopic (exact) mass is 379 g/mol. The van der Waals surface area contributed by atoms with E-state index in [0.29, 0.717) is 29.9 Å². The van der Waals surface area contributed by atoms with Gasteiger partial charge in [0.15, 0.2) is 0 Å². The lowest BCUT2D eigenvalue weighted by Gasteiger charge is -2.04. The second kappa shape index (κ2) is 8.93. The number of benzene rings is 2. The van der Waals surface area contributed by atoms with Crippen LogP contribution in [0.25, 0.3) is 12.2 Å². The molecular weight excluding hydrogens is 362 g/mol. The molecule has 0 aliphatic heterocycles. The molecule has 3 aromatic rings. The van der Waals surface area contributed by atoms with E-state index in [0.717, 1.165) is 16.9 Å². The Hall–Kier alpha value is -3.23. The van der Waals surface area contributed by atoms with E-state index in [4.69, 9.17) is 20.8 Å². The first-order valence-corrected chi connectivity index (χ1v) is 8.86. The molecule has 0 radical (unpaired) electrons. The van der Waals surface area contributed by atoms with E-state index in [1.54, 1.807) is 6.08 Å². The minimum Gasteiger partial charge on any atom is -0.494 e. The van der Waals surface area contributed by atoms with Crippen LogP contribution in [0.15, 0.2) is 52.9 Å². The fourth-order valence-corrected chi connectivity index (χ4v) is 2.63. The quantitative estimate of drug-likeness (QED) is 0.596. The molecule has 1 N–H and O–H groups in total. The molecule has 1 aromatic heterocycles. The maximum Gasteiger partial charge on any atom is 0.232 e. The molecule has 0 unspecified atom stereocenters. The van der Waals surface area contributed by atoms with Gasteiger partial charge in [-0.25, -0.2) is 0 Å². The van der Waals surface area contributed by atoms with Crippen LogP contribution in [0.1, 0.15) is 29.6 Å². The molecule has 0 spiro atoms. The summed E-state index contributed by atoms with van der Waals surface area (Å²) in [6.45, 7) is 3.01. The molecule has 0 fully saturated rings. The number of aromatic nitrogens is 1. The minimum absolute atomic E-state index is 0.202. The van der Waals surface area contributed by atoms with Crippen molar-refractivity contribution in [3.05, 3.63) is 76.3 Å². The highest BCUT2D eigenvalue weighted by Gasteiger charge is 2.11. The van der Waals surface area contributed by atoms with Gasteiger partial charge in [0.25, 0.3) is 0 Å². The lowest BCUT2D eigenvalue weighted by atomic mass is 10.2. The number of hydrogen-bond donors (Lipinski definition) is 1.